The van der Waals surface area contributed by atoms with Crippen molar-refractivity contribution in [2.24, 2.45) is 0 Å². The zero-order valence-corrected chi connectivity index (χ0v) is 10.9. The Bertz CT molecular complexity index is 295. The van der Waals surface area contributed by atoms with Gasteiger partial charge in [-0.1, -0.05) is 19.1 Å². The van der Waals surface area contributed by atoms with E-state index in [0.717, 1.165) is 19.4 Å². The van der Waals surface area contributed by atoms with Crippen molar-refractivity contribution in [3.05, 3.63) is 42.7 Å². The summed E-state index contributed by atoms with van der Waals surface area (Å²) in [4.78, 5) is 4.36. The molecule has 2 heteroatoms. The molecule has 1 N–H and O–H groups in total. The molecule has 0 aromatic carbocycles. The number of nitrogens with zero attached hydrogens (tertiary/aromatic N) is 1. The van der Waals surface area contributed by atoms with Crippen LogP contribution in [0.5, 0.6) is 0 Å². The Morgan fingerprint density at radius 1 is 1.41 bits per heavy atom. The van der Waals surface area contributed by atoms with Gasteiger partial charge in [-0.3, -0.25) is 4.98 Å². The number of aryl methyl sites for hydroxylation is 1. The molecule has 0 spiro atoms. The predicted molar refractivity (Wildman–Crippen MR) is 74.1 cm³/mol. The number of nitrogens with one attached hydrogen (secondary N) is 1. The lowest BCUT2D eigenvalue weighted by Gasteiger charge is -2.17. The highest BCUT2D eigenvalue weighted by atomic mass is 14.9. The number of pyridine rings is 1. The molecule has 0 fully saturated rings. The van der Waals surface area contributed by atoms with Gasteiger partial charge >= 0.3 is 0 Å². The number of allylic oxidation sites excluding steroid dienone is 1. The van der Waals surface area contributed by atoms with E-state index >= 15 is 0 Å². The average molecular weight is 232 g/mol. The van der Waals surface area contributed by atoms with Crippen molar-refractivity contribution in [3.63, 3.8) is 0 Å². The minimum absolute atomic E-state index is 0.613. The molecule has 0 aliphatic rings. The van der Waals surface area contributed by atoms with Gasteiger partial charge in [0.25, 0.3) is 0 Å². The van der Waals surface area contributed by atoms with Crippen molar-refractivity contribution in [2.75, 3.05) is 6.54 Å². The van der Waals surface area contributed by atoms with Crippen LogP contribution in [-0.4, -0.2) is 17.6 Å². The molecular formula is C15H24N2. The summed E-state index contributed by atoms with van der Waals surface area (Å²) in [6, 6.07) is 6.74. The Morgan fingerprint density at radius 2 is 2.29 bits per heavy atom. The number of hydrogen-bond acceptors (Lipinski definition) is 2. The van der Waals surface area contributed by atoms with Crippen LogP contribution in [0, 0.1) is 0 Å². The van der Waals surface area contributed by atoms with Gasteiger partial charge < -0.3 is 5.32 Å². The third kappa shape index (κ3) is 6.22. The van der Waals surface area contributed by atoms with Crippen LogP contribution < -0.4 is 5.32 Å². The Hall–Kier alpha value is -1.15. The summed E-state index contributed by atoms with van der Waals surface area (Å²) in [6.07, 6.45) is 9.67. The summed E-state index contributed by atoms with van der Waals surface area (Å²) in [6.45, 7) is 6.98. The normalized spacial score (nSPS) is 12.3. The number of rotatable bonds is 9. The molecule has 0 aliphatic heterocycles. The molecule has 0 aliphatic carbocycles. The summed E-state index contributed by atoms with van der Waals surface area (Å²) in [5.41, 5.74) is 1.19. The fourth-order valence-corrected chi connectivity index (χ4v) is 2.01. The van der Waals surface area contributed by atoms with Crippen LogP contribution in [0.1, 0.15) is 38.3 Å². The summed E-state index contributed by atoms with van der Waals surface area (Å²) in [5.74, 6) is 0. The number of unbranched alkanes of at least 4 members (excludes halogenated alkanes) is 1. The van der Waals surface area contributed by atoms with E-state index in [2.05, 4.69) is 35.9 Å². The third-order valence-electron chi connectivity index (χ3n) is 2.93. The first-order valence-electron chi connectivity index (χ1n) is 6.61. The minimum Gasteiger partial charge on any atom is -0.314 e. The van der Waals surface area contributed by atoms with Gasteiger partial charge in [0.2, 0.25) is 0 Å². The molecule has 0 radical (unpaired) electrons. The van der Waals surface area contributed by atoms with Gasteiger partial charge in [-0.25, -0.2) is 0 Å². The smallest absolute Gasteiger partial charge is 0.0404 e. The van der Waals surface area contributed by atoms with Crippen LogP contribution in [-0.2, 0) is 6.42 Å². The van der Waals surface area contributed by atoms with Gasteiger partial charge in [0, 0.05) is 17.9 Å². The van der Waals surface area contributed by atoms with E-state index in [9.17, 15) is 0 Å². The van der Waals surface area contributed by atoms with Crippen LogP contribution in [0.4, 0.5) is 0 Å². The number of aromatic nitrogens is 1. The van der Waals surface area contributed by atoms with E-state index in [4.69, 9.17) is 0 Å². The maximum Gasteiger partial charge on any atom is 0.0404 e. The third-order valence-corrected chi connectivity index (χ3v) is 2.93. The molecule has 0 bridgehead atoms. The maximum absolute atomic E-state index is 4.36. The fourth-order valence-electron chi connectivity index (χ4n) is 2.01. The second-order valence-corrected chi connectivity index (χ2v) is 4.33. The van der Waals surface area contributed by atoms with Crippen LogP contribution in [0.3, 0.4) is 0 Å². The van der Waals surface area contributed by atoms with Crippen molar-refractivity contribution in [1.82, 2.24) is 10.3 Å². The van der Waals surface area contributed by atoms with E-state index < -0.39 is 0 Å². The molecule has 1 unspecified atom stereocenters. The zero-order chi connectivity index (χ0) is 12.3. The molecule has 0 saturated carbocycles. The standard InChI is InChI=1S/C15H24N2/c1-3-5-6-9-14(16-4-2)11-12-15-10-7-8-13-17-15/h3,7-8,10,13-14,16H,1,4-6,9,11-12H2,2H3. The highest BCUT2D eigenvalue weighted by Gasteiger charge is 2.07. The second-order valence-electron chi connectivity index (χ2n) is 4.33. The van der Waals surface area contributed by atoms with E-state index in [-0.39, 0.29) is 0 Å². The highest BCUT2D eigenvalue weighted by Crippen LogP contribution is 2.08. The lowest BCUT2D eigenvalue weighted by molar-refractivity contribution is 0.451. The maximum atomic E-state index is 4.36. The van der Waals surface area contributed by atoms with Crippen LogP contribution in [0.15, 0.2) is 37.1 Å². The quantitative estimate of drug-likeness (QED) is 0.522. The summed E-state index contributed by atoms with van der Waals surface area (Å²) >= 11 is 0. The summed E-state index contributed by atoms with van der Waals surface area (Å²) in [5, 5.41) is 3.55. The summed E-state index contributed by atoms with van der Waals surface area (Å²) < 4.78 is 0. The largest absolute Gasteiger partial charge is 0.314 e. The first kappa shape index (κ1) is 13.9. The molecule has 94 valence electrons. The SMILES string of the molecule is C=CCCCC(CCc1ccccn1)NCC. The van der Waals surface area contributed by atoms with Gasteiger partial charge in [-0.15, -0.1) is 6.58 Å². The van der Waals surface area contributed by atoms with E-state index in [1.54, 1.807) is 0 Å². The Balaban J connectivity index is 2.30. The van der Waals surface area contributed by atoms with Gasteiger partial charge in [0.05, 0.1) is 0 Å². The second kappa shape index (κ2) is 8.94. The van der Waals surface area contributed by atoms with E-state index in [1.165, 1.54) is 25.0 Å². The fraction of sp³-hybridized carbons (Fsp3) is 0.533. The lowest BCUT2D eigenvalue weighted by atomic mass is 10.0. The van der Waals surface area contributed by atoms with Gasteiger partial charge in [0.1, 0.15) is 0 Å². The summed E-state index contributed by atoms with van der Waals surface area (Å²) in [7, 11) is 0. The first-order chi connectivity index (χ1) is 8.36. The number of hydrogen-bond donors (Lipinski definition) is 1. The van der Waals surface area contributed by atoms with Gasteiger partial charge in [-0.2, -0.15) is 0 Å². The van der Waals surface area contributed by atoms with Crippen molar-refractivity contribution < 1.29 is 0 Å². The van der Waals surface area contributed by atoms with Crippen molar-refractivity contribution >= 4 is 0 Å². The zero-order valence-electron chi connectivity index (χ0n) is 10.9. The minimum atomic E-state index is 0.613. The van der Waals surface area contributed by atoms with Crippen molar-refractivity contribution in [1.29, 1.82) is 0 Å². The van der Waals surface area contributed by atoms with Crippen molar-refractivity contribution in [3.8, 4) is 0 Å². The monoisotopic (exact) mass is 232 g/mol. The Labute approximate surface area is 105 Å². The molecule has 0 saturated heterocycles. The molecular weight excluding hydrogens is 208 g/mol. The van der Waals surface area contributed by atoms with Crippen LogP contribution >= 0.6 is 0 Å². The van der Waals surface area contributed by atoms with Crippen molar-refractivity contribution in [2.45, 2.75) is 45.1 Å². The Kier molecular flexibility index (Phi) is 7.32. The molecule has 1 heterocycles. The molecule has 2 nitrogen and oxygen atoms in total. The first-order valence-corrected chi connectivity index (χ1v) is 6.61. The van der Waals surface area contributed by atoms with Crippen LogP contribution in [0.2, 0.25) is 0 Å². The molecule has 1 aromatic heterocycles. The van der Waals surface area contributed by atoms with Crippen LogP contribution in [0.25, 0.3) is 0 Å². The topological polar surface area (TPSA) is 24.9 Å². The molecule has 1 aromatic rings. The highest BCUT2D eigenvalue weighted by molar-refractivity contribution is 5.03. The van der Waals surface area contributed by atoms with E-state index in [0.29, 0.717) is 6.04 Å². The lowest BCUT2D eigenvalue weighted by Crippen LogP contribution is -2.29. The molecule has 1 atom stereocenters. The predicted octanol–water partition coefficient (Wildman–Crippen LogP) is 3.35. The molecule has 0 amide bonds. The Morgan fingerprint density at radius 3 is 2.94 bits per heavy atom. The molecule has 1 rings (SSSR count). The van der Waals surface area contributed by atoms with Gasteiger partial charge in [0.15, 0.2) is 0 Å². The average Bonchev–Trinajstić information content (AvgIpc) is 2.37. The van der Waals surface area contributed by atoms with Gasteiger partial charge in [-0.05, 0) is 50.8 Å². The molecule has 17 heavy (non-hydrogen) atoms. The van der Waals surface area contributed by atoms with E-state index in [1.807, 2.05) is 18.3 Å².